The third kappa shape index (κ3) is 2.84. The molecule has 4 rings (SSSR count). The monoisotopic (exact) mass is 378 g/mol. The molecule has 0 fully saturated rings. The average Bonchev–Trinajstić information content (AvgIpc) is 3.32. The average molecular weight is 378 g/mol. The molecule has 9 heteroatoms. The van der Waals surface area contributed by atoms with E-state index in [1.165, 1.54) is 0 Å². The summed E-state index contributed by atoms with van der Waals surface area (Å²) in [6.45, 7) is 4.90. The Morgan fingerprint density at radius 3 is 2.71 bits per heavy atom. The van der Waals surface area contributed by atoms with Crippen LogP contribution in [0, 0.1) is 6.92 Å². The summed E-state index contributed by atoms with van der Waals surface area (Å²) in [5, 5.41) is 9.66. The molecule has 4 aromatic heterocycles. The van der Waals surface area contributed by atoms with Gasteiger partial charge in [0.25, 0.3) is 5.91 Å². The summed E-state index contributed by atoms with van der Waals surface area (Å²) in [4.78, 5) is 21.1. The van der Waals surface area contributed by atoms with Crippen LogP contribution in [-0.2, 0) is 20.6 Å². The first-order chi connectivity index (χ1) is 13.4. The molecule has 0 atom stereocenters. The van der Waals surface area contributed by atoms with Gasteiger partial charge < -0.3 is 10.3 Å². The molecule has 0 aliphatic rings. The minimum absolute atomic E-state index is 0.183. The first-order valence-electron chi connectivity index (χ1n) is 9.10. The zero-order valence-corrected chi connectivity index (χ0v) is 16.3. The highest BCUT2D eigenvalue weighted by atomic mass is 16.1. The molecule has 9 nitrogen and oxygen atoms in total. The van der Waals surface area contributed by atoms with Gasteiger partial charge in [0.1, 0.15) is 17.1 Å². The molecule has 0 bridgehead atoms. The second-order valence-corrected chi connectivity index (χ2v) is 6.88. The Kier molecular flexibility index (Phi) is 4.21. The van der Waals surface area contributed by atoms with Crippen LogP contribution in [-0.4, -0.2) is 40.0 Å². The van der Waals surface area contributed by atoms with Crippen LogP contribution in [0.4, 0.5) is 0 Å². The largest absolute Gasteiger partial charge is 0.364 e. The highest BCUT2D eigenvalue weighted by Crippen LogP contribution is 2.29. The molecule has 0 aromatic carbocycles. The summed E-state index contributed by atoms with van der Waals surface area (Å²) in [6, 6.07) is 3.67. The molecule has 0 unspecified atom stereocenters. The fourth-order valence-corrected chi connectivity index (χ4v) is 3.38. The third-order valence-electron chi connectivity index (χ3n) is 4.69. The number of carbonyl (C=O) groups excluding carboxylic acids is 1. The van der Waals surface area contributed by atoms with Gasteiger partial charge in [0, 0.05) is 32.2 Å². The van der Waals surface area contributed by atoms with Gasteiger partial charge in [-0.05, 0) is 25.5 Å². The lowest BCUT2D eigenvalue weighted by Crippen LogP contribution is -2.14. The Labute approximate surface area is 161 Å². The highest BCUT2D eigenvalue weighted by molar-refractivity contribution is 5.99. The zero-order valence-electron chi connectivity index (χ0n) is 16.3. The van der Waals surface area contributed by atoms with Crippen molar-refractivity contribution in [1.82, 2.24) is 34.1 Å². The van der Waals surface area contributed by atoms with Gasteiger partial charge in [-0.25, -0.2) is 9.97 Å². The fourth-order valence-electron chi connectivity index (χ4n) is 3.38. The number of hydrogen-bond donors (Lipinski definition) is 1. The quantitative estimate of drug-likeness (QED) is 0.571. The number of amides is 1. The van der Waals surface area contributed by atoms with Crippen LogP contribution >= 0.6 is 0 Å². The number of aryl methyl sites for hydroxylation is 4. The van der Waals surface area contributed by atoms with Gasteiger partial charge in [-0.3, -0.25) is 14.2 Å². The number of fused-ring (bicyclic) bond motifs is 1. The number of aromatic nitrogens is 7. The van der Waals surface area contributed by atoms with Crippen molar-refractivity contribution in [3.8, 4) is 22.9 Å². The number of hydrogen-bond acceptors (Lipinski definition) is 5. The number of imidazole rings is 1. The first-order valence-corrected chi connectivity index (χ1v) is 9.10. The Hall–Kier alpha value is -3.49. The van der Waals surface area contributed by atoms with E-state index in [9.17, 15) is 4.79 Å². The molecule has 144 valence electrons. The van der Waals surface area contributed by atoms with Crippen LogP contribution in [0.1, 0.15) is 29.5 Å². The van der Waals surface area contributed by atoms with Gasteiger partial charge in [0.05, 0.1) is 23.1 Å². The van der Waals surface area contributed by atoms with E-state index in [1.54, 1.807) is 16.9 Å². The molecular weight excluding hydrogens is 356 g/mol. The van der Waals surface area contributed by atoms with Crippen molar-refractivity contribution in [1.29, 1.82) is 0 Å². The molecule has 4 aromatic rings. The Morgan fingerprint density at radius 1 is 1.21 bits per heavy atom. The fraction of sp³-hybridized carbons (Fsp3) is 0.316. The second-order valence-electron chi connectivity index (χ2n) is 6.88. The third-order valence-corrected chi connectivity index (χ3v) is 4.69. The SMILES string of the molecule is CCCn1nc(C)cc1-c1cn(C)c(-c2nc(C(N)=O)cc3c2cnn3C)n1. The van der Waals surface area contributed by atoms with Crippen molar-refractivity contribution < 1.29 is 4.79 Å². The maximum absolute atomic E-state index is 11.8. The van der Waals surface area contributed by atoms with E-state index >= 15 is 0 Å². The Balaban J connectivity index is 1.91. The van der Waals surface area contributed by atoms with E-state index in [4.69, 9.17) is 10.7 Å². The van der Waals surface area contributed by atoms with Gasteiger partial charge in [-0.1, -0.05) is 6.92 Å². The summed E-state index contributed by atoms with van der Waals surface area (Å²) in [5.74, 6) is 0.0495. The molecular formula is C19H22N8O. The number of nitrogens with zero attached hydrogens (tertiary/aromatic N) is 7. The summed E-state index contributed by atoms with van der Waals surface area (Å²) in [7, 11) is 3.72. The molecule has 0 spiro atoms. The minimum Gasteiger partial charge on any atom is -0.364 e. The lowest BCUT2D eigenvalue weighted by Gasteiger charge is -2.05. The molecule has 2 N–H and O–H groups in total. The minimum atomic E-state index is -0.588. The van der Waals surface area contributed by atoms with Crippen LogP contribution in [0.5, 0.6) is 0 Å². The number of rotatable bonds is 5. The molecule has 1 amide bonds. The molecule has 28 heavy (non-hydrogen) atoms. The molecule has 0 aliphatic heterocycles. The number of primary amides is 1. The van der Waals surface area contributed by atoms with Crippen LogP contribution < -0.4 is 5.73 Å². The summed E-state index contributed by atoms with van der Waals surface area (Å²) >= 11 is 0. The number of pyridine rings is 1. The number of carbonyl (C=O) groups is 1. The lowest BCUT2D eigenvalue weighted by molar-refractivity contribution is 0.0996. The topological polar surface area (TPSA) is 109 Å². The predicted octanol–water partition coefficient (Wildman–Crippen LogP) is 2.05. The van der Waals surface area contributed by atoms with Crippen molar-refractivity contribution in [2.75, 3.05) is 0 Å². The van der Waals surface area contributed by atoms with Gasteiger partial charge >= 0.3 is 0 Å². The second kappa shape index (κ2) is 6.59. The standard InChI is InChI=1S/C19H22N8O/c1-5-6-27-16(7-11(2)24-27)14-10-25(3)19(23-14)17-12-9-21-26(4)15(12)8-13(22-17)18(20)28/h7-10H,5-6H2,1-4H3,(H2,20,28). The van der Waals surface area contributed by atoms with E-state index in [-0.39, 0.29) is 5.69 Å². The van der Waals surface area contributed by atoms with Crippen LogP contribution in [0.15, 0.2) is 24.5 Å². The van der Waals surface area contributed by atoms with Crippen LogP contribution in [0.2, 0.25) is 0 Å². The normalized spacial score (nSPS) is 11.4. The van der Waals surface area contributed by atoms with Crippen molar-refractivity contribution in [3.05, 3.63) is 35.9 Å². The molecule has 0 saturated carbocycles. The van der Waals surface area contributed by atoms with Crippen molar-refractivity contribution in [3.63, 3.8) is 0 Å². The van der Waals surface area contributed by atoms with Crippen molar-refractivity contribution in [2.45, 2.75) is 26.8 Å². The molecule has 0 aliphatic carbocycles. The number of nitrogens with two attached hydrogens (primary N) is 1. The van der Waals surface area contributed by atoms with Gasteiger partial charge in [-0.2, -0.15) is 10.2 Å². The molecule has 4 heterocycles. The first kappa shape index (κ1) is 17.9. The molecule has 0 saturated heterocycles. The lowest BCUT2D eigenvalue weighted by atomic mass is 10.2. The maximum Gasteiger partial charge on any atom is 0.267 e. The van der Waals surface area contributed by atoms with Crippen LogP contribution in [0.3, 0.4) is 0 Å². The van der Waals surface area contributed by atoms with E-state index < -0.39 is 5.91 Å². The Morgan fingerprint density at radius 2 is 2.00 bits per heavy atom. The molecule has 0 radical (unpaired) electrons. The zero-order chi connectivity index (χ0) is 20.0. The summed E-state index contributed by atoms with van der Waals surface area (Å²) < 4.78 is 5.55. The van der Waals surface area contributed by atoms with Gasteiger partial charge in [0.2, 0.25) is 0 Å². The van der Waals surface area contributed by atoms with E-state index in [0.717, 1.165) is 41.0 Å². The smallest absolute Gasteiger partial charge is 0.267 e. The van der Waals surface area contributed by atoms with Crippen molar-refractivity contribution >= 4 is 16.8 Å². The Bertz CT molecular complexity index is 1200. The van der Waals surface area contributed by atoms with Gasteiger partial charge in [0.15, 0.2) is 5.82 Å². The summed E-state index contributed by atoms with van der Waals surface area (Å²) in [6.07, 6.45) is 4.65. The highest BCUT2D eigenvalue weighted by Gasteiger charge is 2.20. The van der Waals surface area contributed by atoms with E-state index in [1.807, 2.05) is 42.5 Å². The maximum atomic E-state index is 11.8. The summed E-state index contributed by atoms with van der Waals surface area (Å²) in [5.41, 5.74) is 9.72. The van der Waals surface area contributed by atoms with Crippen LogP contribution in [0.25, 0.3) is 33.8 Å². The van der Waals surface area contributed by atoms with Crippen molar-refractivity contribution in [2.24, 2.45) is 19.8 Å². The predicted molar refractivity (Wildman–Crippen MR) is 105 cm³/mol. The van der Waals surface area contributed by atoms with E-state index in [0.29, 0.717) is 11.5 Å². The van der Waals surface area contributed by atoms with Gasteiger partial charge in [-0.15, -0.1) is 0 Å². The van der Waals surface area contributed by atoms with E-state index in [2.05, 4.69) is 22.1 Å².